The zero-order chi connectivity index (χ0) is 14.2. The predicted octanol–water partition coefficient (Wildman–Crippen LogP) is 2.66. The van der Waals surface area contributed by atoms with Crippen molar-refractivity contribution in [3.63, 3.8) is 0 Å². The van der Waals surface area contributed by atoms with E-state index in [2.05, 4.69) is 5.32 Å². The third-order valence-electron chi connectivity index (χ3n) is 2.91. The first-order valence-electron chi connectivity index (χ1n) is 5.50. The average molecular weight is 304 g/mol. The van der Waals surface area contributed by atoms with Crippen LogP contribution in [-0.4, -0.2) is 24.1 Å². The third-order valence-corrected chi connectivity index (χ3v) is 3.48. The molecule has 2 unspecified atom stereocenters. The van der Waals surface area contributed by atoms with E-state index < -0.39 is 17.8 Å². The van der Waals surface area contributed by atoms with Crippen LogP contribution < -0.4 is 10.1 Å². The number of ether oxygens (including phenoxy) is 1. The number of amides is 1. The lowest BCUT2D eigenvalue weighted by molar-refractivity contribution is -0.139. The first-order valence-corrected chi connectivity index (χ1v) is 6.26. The molecule has 5 nitrogen and oxygen atoms in total. The van der Waals surface area contributed by atoms with Gasteiger partial charge in [0.05, 0.1) is 29.0 Å². The summed E-state index contributed by atoms with van der Waals surface area (Å²) in [7, 11) is 1.44. The van der Waals surface area contributed by atoms with Crippen molar-refractivity contribution in [2.24, 2.45) is 11.8 Å². The fourth-order valence-corrected chi connectivity index (χ4v) is 2.46. The maximum atomic E-state index is 11.8. The number of aliphatic carboxylic acids is 1. The molecule has 1 aliphatic carbocycles. The van der Waals surface area contributed by atoms with Crippen LogP contribution in [0.3, 0.4) is 0 Å². The Balaban J connectivity index is 2.08. The minimum absolute atomic E-state index is 0.274. The summed E-state index contributed by atoms with van der Waals surface area (Å²) in [5, 5.41) is 11.9. The highest BCUT2D eigenvalue weighted by Gasteiger charge is 2.48. The smallest absolute Gasteiger partial charge is 0.307 e. The molecule has 1 saturated carbocycles. The summed E-state index contributed by atoms with van der Waals surface area (Å²) in [6.45, 7) is 0. The van der Waals surface area contributed by atoms with Crippen LogP contribution in [0.25, 0.3) is 0 Å². The van der Waals surface area contributed by atoms with E-state index in [-0.39, 0.29) is 16.0 Å². The van der Waals surface area contributed by atoms with E-state index in [1.807, 2.05) is 0 Å². The van der Waals surface area contributed by atoms with Crippen LogP contribution in [0.15, 0.2) is 12.1 Å². The summed E-state index contributed by atoms with van der Waals surface area (Å²) in [5.74, 6) is -2.05. The Morgan fingerprint density at radius 1 is 1.32 bits per heavy atom. The number of carboxylic acid groups (broad SMARTS) is 1. The number of carboxylic acids is 1. The zero-order valence-corrected chi connectivity index (χ0v) is 11.5. The van der Waals surface area contributed by atoms with Crippen molar-refractivity contribution >= 4 is 40.8 Å². The SMILES string of the molecule is COc1c(Cl)cc(NC(=O)C2CC2C(=O)O)cc1Cl. The molecule has 0 radical (unpaired) electrons. The topological polar surface area (TPSA) is 75.6 Å². The van der Waals surface area contributed by atoms with Crippen LogP contribution in [0.4, 0.5) is 5.69 Å². The maximum absolute atomic E-state index is 11.8. The number of rotatable bonds is 4. The highest BCUT2D eigenvalue weighted by atomic mass is 35.5. The number of carbonyl (C=O) groups excluding carboxylic acids is 1. The molecule has 7 heteroatoms. The number of benzene rings is 1. The molecule has 19 heavy (non-hydrogen) atoms. The molecule has 2 N–H and O–H groups in total. The molecule has 0 spiro atoms. The van der Waals surface area contributed by atoms with Gasteiger partial charge in [0.1, 0.15) is 0 Å². The van der Waals surface area contributed by atoms with Crippen molar-refractivity contribution in [2.45, 2.75) is 6.42 Å². The van der Waals surface area contributed by atoms with E-state index in [1.54, 1.807) is 0 Å². The van der Waals surface area contributed by atoms with Gasteiger partial charge in [0.2, 0.25) is 5.91 Å². The Bertz CT molecular complexity index is 524. The van der Waals surface area contributed by atoms with E-state index in [4.69, 9.17) is 33.0 Å². The van der Waals surface area contributed by atoms with Crippen molar-refractivity contribution < 1.29 is 19.4 Å². The van der Waals surface area contributed by atoms with Gasteiger partial charge in [-0.25, -0.2) is 0 Å². The van der Waals surface area contributed by atoms with E-state index in [1.165, 1.54) is 19.2 Å². The highest BCUT2D eigenvalue weighted by Crippen LogP contribution is 2.40. The number of nitrogens with one attached hydrogen (secondary N) is 1. The molecule has 102 valence electrons. The van der Waals surface area contributed by atoms with Crippen molar-refractivity contribution in [1.82, 2.24) is 0 Å². The summed E-state index contributed by atoms with van der Waals surface area (Å²) in [6.07, 6.45) is 0.360. The first kappa shape index (κ1) is 14.0. The number of hydrogen-bond donors (Lipinski definition) is 2. The molecule has 1 fully saturated rings. The number of methoxy groups -OCH3 is 1. The van der Waals surface area contributed by atoms with Gasteiger partial charge in [-0.3, -0.25) is 9.59 Å². The molecule has 0 aromatic heterocycles. The summed E-state index contributed by atoms with van der Waals surface area (Å²) in [6, 6.07) is 3.00. The Morgan fingerprint density at radius 2 is 1.89 bits per heavy atom. The van der Waals surface area contributed by atoms with E-state index in [0.29, 0.717) is 17.9 Å². The fourth-order valence-electron chi connectivity index (χ4n) is 1.82. The minimum Gasteiger partial charge on any atom is -0.494 e. The maximum Gasteiger partial charge on any atom is 0.307 e. The zero-order valence-electron chi connectivity index (χ0n) is 9.94. The van der Waals surface area contributed by atoms with E-state index in [0.717, 1.165) is 0 Å². The van der Waals surface area contributed by atoms with Gasteiger partial charge in [0.15, 0.2) is 5.75 Å². The van der Waals surface area contributed by atoms with Gasteiger partial charge in [0, 0.05) is 5.69 Å². The van der Waals surface area contributed by atoms with Gasteiger partial charge in [0.25, 0.3) is 0 Å². The Hall–Kier alpha value is -1.46. The molecule has 1 amide bonds. The molecule has 0 saturated heterocycles. The summed E-state index contributed by atoms with van der Waals surface area (Å²) >= 11 is 11.9. The number of halogens is 2. The van der Waals surface area contributed by atoms with Crippen LogP contribution in [-0.2, 0) is 9.59 Å². The fraction of sp³-hybridized carbons (Fsp3) is 0.333. The van der Waals surface area contributed by atoms with Gasteiger partial charge in [-0.2, -0.15) is 0 Å². The molecule has 1 aromatic rings. The predicted molar refractivity (Wildman–Crippen MR) is 70.9 cm³/mol. The summed E-state index contributed by atoms with van der Waals surface area (Å²) in [5.41, 5.74) is 0.414. The van der Waals surface area contributed by atoms with Crippen molar-refractivity contribution in [2.75, 3.05) is 12.4 Å². The summed E-state index contributed by atoms with van der Waals surface area (Å²) < 4.78 is 4.99. The third kappa shape index (κ3) is 2.93. The van der Waals surface area contributed by atoms with Crippen LogP contribution in [0.2, 0.25) is 10.0 Å². The van der Waals surface area contributed by atoms with Gasteiger partial charge in [-0.1, -0.05) is 23.2 Å². The Labute approximate surface area is 119 Å². The van der Waals surface area contributed by atoms with Gasteiger partial charge in [-0.15, -0.1) is 0 Å². The lowest BCUT2D eigenvalue weighted by atomic mass is 10.2. The molecular formula is C12H11Cl2NO4. The number of hydrogen-bond acceptors (Lipinski definition) is 3. The Kier molecular flexibility index (Phi) is 3.87. The standard InChI is InChI=1S/C12H11Cl2NO4/c1-19-10-8(13)2-5(3-9(10)14)15-11(16)6-4-7(6)12(17)18/h2-3,6-7H,4H2,1H3,(H,15,16)(H,17,18). The monoisotopic (exact) mass is 303 g/mol. The molecule has 0 heterocycles. The lowest BCUT2D eigenvalue weighted by Crippen LogP contribution is -2.16. The molecule has 1 aliphatic rings. The van der Waals surface area contributed by atoms with Gasteiger partial charge < -0.3 is 15.2 Å². The first-order chi connectivity index (χ1) is 8.93. The van der Waals surface area contributed by atoms with Crippen LogP contribution >= 0.6 is 23.2 Å². The highest BCUT2D eigenvalue weighted by molar-refractivity contribution is 6.37. The van der Waals surface area contributed by atoms with Crippen molar-refractivity contribution in [3.05, 3.63) is 22.2 Å². The van der Waals surface area contributed by atoms with Gasteiger partial charge in [-0.05, 0) is 18.6 Å². The largest absolute Gasteiger partial charge is 0.494 e. The lowest BCUT2D eigenvalue weighted by Gasteiger charge is -2.09. The van der Waals surface area contributed by atoms with Crippen LogP contribution in [0.1, 0.15) is 6.42 Å². The Morgan fingerprint density at radius 3 is 2.32 bits per heavy atom. The van der Waals surface area contributed by atoms with Gasteiger partial charge >= 0.3 is 5.97 Å². The number of carbonyl (C=O) groups is 2. The quantitative estimate of drug-likeness (QED) is 0.896. The minimum atomic E-state index is -0.953. The summed E-state index contributed by atoms with van der Waals surface area (Å²) in [4.78, 5) is 22.5. The van der Waals surface area contributed by atoms with Crippen molar-refractivity contribution in [3.8, 4) is 5.75 Å². The molecule has 0 aliphatic heterocycles. The molecule has 2 rings (SSSR count). The van der Waals surface area contributed by atoms with Crippen LogP contribution in [0, 0.1) is 11.8 Å². The number of anilines is 1. The van der Waals surface area contributed by atoms with E-state index >= 15 is 0 Å². The second-order valence-corrected chi connectivity index (χ2v) is 5.06. The molecule has 0 bridgehead atoms. The second-order valence-electron chi connectivity index (χ2n) is 4.25. The van der Waals surface area contributed by atoms with E-state index in [9.17, 15) is 9.59 Å². The second kappa shape index (κ2) is 5.27. The molecular weight excluding hydrogens is 293 g/mol. The van der Waals surface area contributed by atoms with Crippen molar-refractivity contribution in [1.29, 1.82) is 0 Å². The molecule has 1 aromatic carbocycles. The van der Waals surface area contributed by atoms with Crippen LogP contribution in [0.5, 0.6) is 5.75 Å². The molecule has 2 atom stereocenters. The average Bonchev–Trinajstić information content (AvgIpc) is 3.08. The normalized spacial score (nSPS) is 20.8.